The minimum absolute atomic E-state index is 0.0527. The Morgan fingerprint density at radius 2 is 1.76 bits per heavy atom. The fraction of sp³-hybridized carbons (Fsp3) is 0.429. The SMILES string of the molecule is CN(C)c1ccc([C@@H](CNC(=O)C(=O)NCc2ccco2)[NH+]2CCOCC2)cc1. The second-order valence-electron chi connectivity index (χ2n) is 7.28. The molecule has 1 aromatic carbocycles. The van der Waals surface area contributed by atoms with E-state index in [-0.39, 0.29) is 12.6 Å². The van der Waals surface area contributed by atoms with E-state index in [4.69, 9.17) is 9.15 Å². The summed E-state index contributed by atoms with van der Waals surface area (Å²) in [5.74, 6) is -0.706. The number of amides is 2. The molecule has 1 fully saturated rings. The Kier molecular flexibility index (Phi) is 7.26. The van der Waals surface area contributed by atoms with E-state index in [1.165, 1.54) is 11.2 Å². The number of carbonyl (C=O) groups is 2. The maximum Gasteiger partial charge on any atom is 0.309 e. The molecule has 1 saturated heterocycles. The van der Waals surface area contributed by atoms with Crippen molar-refractivity contribution in [2.24, 2.45) is 0 Å². The quantitative estimate of drug-likeness (QED) is 0.556. The first-order valence-electron chi connectivity index (χ1n) is 9.82. The van der Waals surface area contributed by atoms with Crippen LogP contribution in [0.25, 0.3) is 0 Å². The van der Waals surface area contributed by atoms with Crippen molar-refractivity contribution in [3.63, 3.8) is 0 Å². The first kappa shape index (κ1) is 20.9. The number of ether oxygens (including phenoxy) is 1. The molecule has 0 spiro atoms. The van der Waals surface area contributed by atoms with Gasteiger partial charge in [-0.25, -0.2) is 0 Å². The summed E-state index contributed by atoms with van der Waals surface area (Å²) in [6.07, 6.45) is 1.53. The predicted octanol–water partition coefficient (Wildman–Crippen LogP) is -0.266. The van der Waals surface area contributed by atoms with Gasteiger partial charge in [0.2, 0.25) is 0 Å². The zero-order valence-electron chi connectivity index (χ0n) is 16.9. The molecule has 0 aliphatic carbocycles. The predicted molar refractivity (Wildman–Crippen MR) is 109 cm³/mol. The summed E-state index contributed by atoms with van der Waals surface area (Å²) in [6.45, 7) is 3.67. The summed E-state index contributed by atoms with van der Waals surface area (Å²) in [6, 6.07) is 11.8. The van der Waals surface area contributed by atoms with Crippen LogP contribution in [0.2, 0.25) is 0 Å². The normalized spacial score (nSPS) is 15.5. The number of furan rings is 1. The van der Waals surface area contributed by atoms with Crippen LogP contribution in [0.5, 0.6) is 0 Å². The number of nitrogens with zero attached hydrogens (tertiary/aromatic N) is 1. The van der Waals surface area contributed by atoms with Gasteiger partial charge in [0.05, 0.1) is 32.6 Å². The van der Waals surface area contributed by atoms with Gasteiger partial charge in [-0.05, 0) is 24.3 Å². The number of quaternary nitrogens is 1. The first-order chi connectivity index (χ1) is 14.0. The van der Waals surface area contributed by atoms with E-state index in [1.54, 1.807) is 12.1 Å². The number of rotatable bonds is 7. The van der Waals surface area contributed by atoms with Gasteiger partial charge in [0.1, 0.15) is 24.9 Å². The molecule has 156 valence electrons. The summed E-state index contributed by atoms with van der Waals surface area (Å²) >= 11 is 0. The van der Waals surface area contributed by atoms with Gasteiger partial charge in [0, 0.05) is 25.3 Å². The molecular weight excluding hydrogens is 372 g/mol. The highest BCUT2D eigenvalue weighted by molar-refractivity contribution is 6.35. The Bertz CT molecular complexity index is 784. The standard InChI is InChI=1S/C21H28N4O4/c1-24(2)17-7-5-16(6-8-17)19(25-9-12-28-13-10-25)15-23-21(27)20(26)22-14-18-4-3-11-29-18/h3-8,11,19H,9-10,12-15H2,1-2H3,(H,22,26)(H,23,27)/p+1/t19-/m1/s1. The summed E-state index contributed by atoms with van der Waals surface area (Å²) in [5, 5.41) is 5.36. The van der Waals surface area contributed by atoms with Crippen molar-refractivity contribution in [1.82, 2.24) is 10.6 Å². The second-order valence-corrected chi connectivity index (χ2v) is 7.28. The lowest BCUT2D eigenvalue weighted by atomic mass is 10.0. The molecule has 0 bridgehead atoms. The molecule has 0 unspecified atom stereocenters. The number of anilines is 1. The van der Waals surface area contributed by atoms with Gasteiger partial charge in [0.25, 0.3) is 0 Å². The van der Waals surface area contributed by atoms with E-state index in [9.17, 15) is 9.59 Å². The van der Waals surface area contributed by atoms with Gasteiger partial charge < -0.3 is 29.6 Å². The van der Waals surface area contributed by atoms with Crippen LogP contribution in [0.4, 0.5) is 5.69 Å². The largest absolute Gasteiger partial charge is 0.467 e. The summed E-state index contributed by atoms with van der Waals surface area (Å²) in [5.41, 5.74) is 2.25. The number of hydrogen-bond acceptors (Lipinski definition) is 5. The van der Waals surface area contributed by atoms with E-state index in [2.05, 4.69) is 34.9 Å². The maximum atomic E-state index is 12.3. The van der Waals surface area contributed by atoms with Crippen molar-refractivity contribution >= 4 is 17.5 Å². The zero-order chi connectivity index (χ0) is 20.6. The van der Waals surface area contributed by atoms with Crippen LogP contribution in [0.3, 0.4) is 0 Å². The Morgan fingerprint density at radius 3 is 2.38 bits per heavy atom. The fourth-order valence-corrected chi connectivity index (χ4v) is 3.42. The highest BCUT2D eigenvalue weighted by atomic mass is 16.5. The Hall–Kier alpha value is -2.84. The number of nitrogens with one attached hydrogen (secondary N) is 3. The van der Waals surface area contributed by atoms with E-state index >= 15 is 0 Å². The number of carbonyl (C=O) groups excluding carboxylic acids is 2. The van der Waals surface area contributed by atoms with E-state index in [1.807, 2.05) is 19.0 Å². The zero-order valence-corrected chi connectivity index (χ0v) is 16.9. The van der Waals surface area contributed by atoms with Crippen LogP contribution in [-0.2, 0) is 20.9 Å². The molecular formula is C21H29N4O4+. The Morgan fingerprint density at radius 1 is 1.07 bits per heavy atom. The minimum Gasteiger partial charge on any atom is -0.467 e. The second kappa shape index (κ2) is 10.1. The lowest BCUT2D eigenvalue weighted by Crippen LogP contribution is -3.15. The highest BCUT2D eigenvalue weighted by Crippen LogP contribution is 2.16. The van der Waals surface area contributed by atoms with Crippen LogP contribution in [0, 0.1) is 0 Å². The molecule has 2 aromatic rings. The van der Waals surface area contributed by atoms with E-state index in [0.717, 1.165) is 24.3 Å². The Balaban J connectivity index is 1.61. The van der Waals surface area contributed by atoms with Gasteiger partial charge in [-0.3, -0.25) is 9.59 Å². The third-order valence-corrected chi connectivity index (χ3v) is 5.12. The molecule has 3 N–H and O–H groups in total. The molecule has 1 aliphatic rings. The molecule has 0 radical (unpaired) electrons. The molecule has 2 heterocycles. The topological polar surface area (TPSA) is 88.3 Å². The highest BCUT2D eigenvalue weighted by Gasteiger charge is 2.28. The van der Waals surface area contributed by atoms with Gasteiger partial charge in [-0.15, -0.1) is 0 Å². The molecule has 1 atom stereocenters. The van der Waals surface area contributed by atoms with Crippen molar-refractivity contribution in [1.29, 1.82) is 0 Å². The lowest BCUT2D eigenvalue weighted by Gasteiger charge is -2.32. The average molecular weight is 401 g/mol. The van der Waals surface area contributed by atoms with Crippen LogP contribution >= 0.6 is 0 Å². The summed E-state index contributed by atoms with van der Waals surface area (Å²) in [7, 11) is 4.00. The molecule has 1 aliphatic heterocycles. The van der Waals surface area contributed by atoms with Crippen molar-refractivity contribution in [3.05, 3.63) is 54.0 Å². The van der Waals surface area contributed by atoms with Gasteiger partial charge in [-0.1, -0.05) is 12.1 Å². The summed E-state index contributed by atoms with van der Waals surface area (Å²) in [4.78, 5) is 27.7. The summed E-state index contributed by atoms with van der Waals surface area (Å²) < 4.78 is 10.6. The van der Waals surface area contributed by atoms with Crippen LogP contribution in [0.15, 0.2) is 47.1 Å². The first-order valence-corrected chi connectivity index (χ1v) is 9.82. The third-order valence-electron chi connectivity index (χ3n) is 5.12. The van der Waals surface area contributed by atoms with Gasteiger partial charge in [0.15, 0.2) is 0 Å². The number of hydrogen-bond donors (Lipinski definition) is 3. The van der Waals surface area contributed by atoms with Crippen LogP contribution < -0.4 is 20.4 Å². The van der Waals surface area contributed by atoms with Crippen molar-refractivity contribution in [2.75, 3.05) is 51.8 Å². The third kappa shape index (κ3) is 5.82. The maximum absolute atomic E-state index is 12.3. The van der Waals surface area contributed by atoms with Crippen LogP contribution in [0.1, 0.15) is 17.4 Å². The molecule has 8 nitrogen and oxygen atoms in total. The lowest BCUT2D eigenvalue weighted by molar-refractivity contribution is -0.937. The van der Waals surface area contributed by atoms with Gasteiger partial charge in [-0.2, -0.15) is 0 Å². The van der Waals surface area contributed by atoms with E-state index in [0.29, 0.717) is 25.5 Å². The van der Waals surface area contributed by atoms with Crippen molar-refractivity contribution in [2.45, 2.75) is 12.6 Å². The monoisotopic (exact) mass is 401 g/mol. The minimum atomic E-state index is -0.667. The fourth-order valence-electron chi connectivity index (χ4n) is 3.42. The molecule has 8 heteroatoms. The van der Waals surface area contributed by atoms with Crippen LogP contribution in [-0.4, -0.2) is 58.8 Å². The smallest absolute Gasteiger partial charge is 0.309 e. The van der Waals surface area contributed by atoms with Crippen molar-refractivity contribution < 1.29 is 23.6 Å². The van der Waals surface area contributed by atoms with Crippen molar-refractivity contribution in [3.8, 4) is 0 Å². The van der Waals surface area contributed by atoms with Gasteiger partial charge >= 0.3 is 11.8 Å². The Labute approximate surface area is 170 Å². The molecule has 2 amide bonds. The van der Waals surface area contributed by atoms with E-state index < -0.39 is 11.8 Å². The molecule has 3 rings (SSSR count). The molecule has 1 aromatic heterocycles. The molecule has 29 heavy (non-hydrogen) atoms. The number of benzene rings is 1. The average Bonchev–Trinajstić information content (AvgIpc) is 3.27. The molecule has 0 saturated carbocycles. The number of morpholine rings is 1.